The molecular formula is C15H11N2O2-. The van der Waals surface area contributed by atoms with Crippen molar-refractivity contribution < 1.29 is 4.92 Å². The highest BCUT2D eigenvalue weighted by Crippen LogP contribution is 2.15. The maximum atomic E-state index is 10.5. The van der Waals surface area contributed by atoms with E-state index in [1.54, 1.807) is 18.4 Å². The van der Waals surface area contributed by atoms with Crippen LogP contribution in [0.3, 0.4) is 0 Å². The Hall–Kier alpha value is -2.93. The largest absolute Gasteiger partial charge is 0.323 e. The van der Waals surface area contributed by atoms with Crippen molar-refractivity contribution in [2.24, 2.45) is 0 Å². The molecule has 94 valence electrons. The lowest BCUT2D eigenvalue weighted by Crippen LogP contribution is -2.06. The lowest BCUT2D eigenvalue weighted by molar-refractivity contribution is -0.448. The summed E-state index contributed by atoms with van der Waals surface area (Å²) in [6.07, 6.45) is 7.93. The van der Waals surface area contributed by atoms with Gasteiger partial charge in [-0.2, -0.15) is 12.2 Å². The molecule has 0 unspecified atom stereocenters. The normalized spacial score (nSPS) is 12.6. The molecule has 1 aromatic rings. The molecule has 19 heavy (non-hydrogen) atoms. The van der Waals surface area contributed by atoms with E-state index in [9.17, 15) is 10.1 Å². The fourth-order valence-electron chi connectivity index (χ4n) is 1.44. The van der Waals surface area contributed by atoms with Crippen LogP contribution in [0.5, 0.6) is 0 Å². The Bertz CT molecular complexity index is 588. The zero-order chi connectivity index (χ0) is 13.5. The van der Waals surface area contributed by atoms with Crippen LogP contribution in [-0.4, -0.2) is 4.92 Å². The molecule has 4 nitrogen and oxygen atoms in total. The van der Waals surface area contributed by atoms with E-state index in [0.717, 1.165) is 11.1 Å². The van der Waals surface area contributed by atoms with Gasteiger partial charge in [0.1, 0.15) is 0 Å². The van der Waals surface area contributed by atoms with Gasteiger partial charge in [0.15, 0.2) is 6.04 Å². The summed E-state index contributed by atoms with van der Waals surface area (Å²) in [6, 6.07) is 12.5. The first-order valence-electron chi connectivity index (χ1n) is 5.65. The van der Waals surface area contributed by atoms with Gasteiger partial charge in [0, 0.05) is 16.5 Å². The lowest BCUT2D eigenvalue weighted by atomic mass is 10.1. The highest BCUT2D eigenvalue weighted by atomic mass is 16.6. The molecular weight excluding hydrogens is 240 g/mol. The van der Waals surface area contributed by atoms with Gasteiger partial charge in [0.2, 0.25) is 0 Å². The van der Waals surface area contributed by atoms with Crippen LogP contribution in [0.1, 0.15) is 5.56 Å². The van der Waals surface area contributed by atoms with Crippen LogP contribution < -0.4 is 5.32 Å². The number of rotatable bonds is 2. The van der Waals surface area contributed by atoms with Crippen molar-refractivity contribution in [3.63, 3.8) is 0 Å². The molecule has 1 aliphatic carbocycles. The fraction of sp³-hybridized carbons (Fsp3) is 0. The van der Waals surface area contributed by atoms with E-state index in [1.807, 2.05) is 30.3 Å². The molecule has 0 radical (unpaired) electrons. The molecule has 0 amide bonds. The summed E-state index contributed by atoms with van der Waals surface area (Å²) in [7, 11) is 0. The van der Waals surface area contributed by atoms with E-state index >= 15 is 0 Å². The van der Waals surface area contributed by atoms with E-state index in [0.29, 0.717) is 0 Å². The topological polar surface area (TPSA) is 55.2 Å². The van der Waals surface area contributed by atoms with Crippen LogP contribution >= 0.6 is 0 Å². The smallest absolute Gasteiger partial charge is 0.163 e. The summed E-state index contributed by atoms with van der Waals surface area (Å²) < 4.78 is 0. The number of nitrogens with zero attached hydrogens (tertiary/aromatic N) is 1. The summed E-state index contributed by atoms with van der Waals surface area (Å²) in [4.78, 5) is 10.1. The molecule has 2 rings (SSSR count). The maximum absolute atomic E-state index is 10.5. The Morgan fingerprint density at radius 2 is 1.89 bits per heavy atom. The second-order valence-electron chi connectivity index (χ2n) is 3.75. The molecule has 1 N–H and O–H groups in total. The summed E-state index contributed by atoms with van der Waals surface area (Å²) in [5.74, 6) is 2.94. The minimum Gasteiger partial charge on any atom is -0.323 e. The van der Waals surface area contributed by atoms with Crippen LogP contribution in [0.4, 0.5) is 0 Å². The standard InChI is InChI=1S/C15H11N2O2/c18-17(19)15-8-6-14(7-9-15)12-16-11-10-13-4-2-1-3-5-13/h1-9,12,16H/q-1. The van der Waals surface area contributed by atoms with Crippen LogP contribution in [0.2, 0.25) is 0 Å². The van der Waals surface area contributed by atoms with Gasteiger partial charge in [-0.15, -0.1) is 5.57 Å². The SMILES string of the molecule is O=[N+]([O-])[C-]1C=CC(=CNC#Cc2ccccc2)C=C1. The second-order valence-corrected chi connectivity index (χ2v) is 3.75. The zero-order valence-corrected chi connectivity index (χ0v) is 10.0. The highest BCUT2D eigenvalue weighted by Gasteiger charge is 2.06. The molecule has 0 atom stereocenters. The van der Waals surface area contributed by atoms with E-state index in [4.69, 9.17) is 0 Å². The molecule has 1 aliphatic rings. The molecule has 0 saturated heterocycles. The third-order valence-corrected chi connectivity index (χ3v) is 2.40. The van der Waals surface area contributed by atoms with E-state index < -0.39 is 4.92 Å². The van der Waals surface area contributed by atoms with E-state index in [2.05, 4.69) is 17.3 Å². The molecule has 0 spiro atoms. The van der Waals surface area contributed by atoms with Crippen molar-refractivity contribution >= 4 is 0 Å². The fourth-order valence-corrected chi connectivity index (χ4v) is 1.44. The molecule has 1 aromatic carbocycles. The minimum absolute atomic E-state index is 0.0764. The Kier molecular flexibility index (Phi) is 4.04. The molecule has 0 aliphatic heterocycles. The predicted octanol–water partition coefficient (Wildman–Crippen LogP) is 2.40. The van der Waals surface area contributed by atoms with Crippen LogP contribution in [0, 0.1) is 28.1 Å². The van der Waals surface area contributed by atoms with Crippen molar-refractivity contribution in [3.8, 4) is 12.0 Å². The van der Waals surface area contributed by atoms with Gasteiger partial charge in [-0.1, -0.05) is 30.4 Å². The highest BCUT2D eigenvalue weighted by molar-refractivity contribution is 5.41. The number of allylic oxidation sites excluding steroid dienone is 3. The minimum atomic E-state index is -0.424. The zero-order valence-electron chi connectivity index (χ0n) is 10.0. The van der Waals surface area contributed by atoms with Gasteiger partial charge in [0.25, 0.3) is 0 Å². The summed E-state index contributed by atoms with van der Waals surface area (Å²) >= 11 is 0. The third-order valence-electron chi connectivity index (χ3n) is 2.40. The average Bonchev–Trinajstić information content (AvgIpc) is 2.45. The monoisotopic (exact) mass is 251 g/mol. The van der Waals surface area contributed by atoms with Crippen molar-refractivity contribution in [2.75, 3.05) is 0 Å². The van der Waals surface area contributed by atoms with E-state index in [1.165, 1.54) is 12.2 Å². The molecule has 0 fully saturated rings. The van der Waals surface area contributed by atoms with Crippen LogP contribution in [-0.2, 0) is 0 Å². The average molecular weight is 251 g/mol. The molecule has 0 aromatic heterocycles. The van der Waals surface area contributed by atoms with Crippen molar-refractivity contribution in [3.05, 3.63) is 88.1 Å². The Balaban J connectivity index is 1.92. The first-order valence-corrected chi connectivity index (χ1v) is 5.65. The molecule has 4 heteroatoms. The van der Waals surface area contributed by atoms with Gasteiger partial charge in [-0.3, -0.25) is 10.1 Å². The predicted molar refractivity (Wildman–Crippen MR) is 73.1 cm³/mol. The Morgan fingerprint density at radius 3 is 2.53 bits per heavy atom. The Morgan fingerprint density at radius 1 is 1.21 bits per heavy atom. The van der Waals surface area contributed by atoms with Gasteiger partial charge < -0.3 is 5.32 Å². The lowest BCUT2D eigenvalue weighted by Gasteiger charge is -2.11. The number of hydrogen-bond donors (Lipinski definition) is 1. The summed E-state index contributed by atoms with van der Waals surface area (Å²) in [6.45, 7) is 0. The van der Waals surface area contributed by atoms with E-state index in [-0.39, 0.29) is 6.04 Å². The maximum Gasteiger partial charge on any atom is 0.163 e. The number of nitro groups is 1. The number of hydrogen-bond acceptors (Lipinski definition) is 3. The first-order chi connectivity index (χ1) is 9.25. The van der Waals surface area contributed by atoms with Crippen molar-refractivity contribution in [2.45, 2.75) is 0 Å². The van der Waals surface area contributed by atoms with Crippen LogP contribution in [0.25, 0.3) is 0 Å². The Labute approximate surface area is 111 Å². The quantitative estimate of drug-likeness (QED) is 0.289. The summed E-state index contributed by atoms with van der Waals surface area (Å²) in [5.41, 5.74) is 1.75. The molecule has 0 saturated carbocycles. The van der Waals surface area contributed by atoms with Gasteiger partial charge in [-0.25, -0.2) is 0 Å². The number of nitrogens with one attached hydrogen (secondary N) is 1. The third kappa shape index (κ3) is 3.79. The van der Waals surface area contributed by atoms with Gasteiger partial charge >= 0.3 is 0 Å². The molecule has 0 heterocycles. The van der Waals surface area contributed by atoms with Crippen LogP contribution in [0.15, 0.2) is 66.4 Å². The number of benzene rings is 1. The van der Waals surface area contributed by atoms with Gasteiger partial charge in [0.05, 0.1) is 0 Å². The van der Waals surface area contributed by atoms with Crippen molar-refractivity contribution in [1.82, 2.24) is 5.32 Å². The summed E-state index contributed by atoms with van der Waals surface area (Å²) in [5, 5.41) is 13.3. The van der Waals surface area contributed by atoms with Crippen molar-refractivity contribution in [1.29, 1.82) is 0 Å². The second kappa shape index (κ2) is 6.12. The molecule has 0 bridgehead atoms. The van der Waals surface area contributed by atoms with Gasteiger partial charge in [-0.05, 0) is 24.3 Å². The first kappa shape index (κ1) is 12.5.